The zero-order valence-corrected chi connectivity index (χ0v) is 14.3. The molecule has 7 heteroatoms. The fraction of sp³-hybridized carbons (Fsp3) is 0.294. The Balaban J connectivity index is 1.83. The maximum Gasteiger partial charge on any atom is 0.255 e. The van der Waals surface area contributed by atoms with Crippen LogP contribution in [0.1, 0.15) is 52.6 Å². The number of carbonyl (C=O) groups excluding carboxylic acids is 1. The summed E-state index contributed by atoms with van der Waals surface area (Å²) in [6.45, 7) is 4.62. The van der Waals surface area contributed by atoms with Crippen molar-refractivity contribution in [2.75, 3.05) is 0 Å². The van der Waals surface area contributed by atoms with Crippen molar-refractivity contribution in [2.45, 2.75) is 32.5 Å². The number of aromatic nitrogens is 4. The van der Waals surface area contributed by atoms with Gasteiger partial charge < -0.3 is 4.90 Å². The molecule has 0 radical (unpaired) electrons. The topological polar surface area (TPSA) is 63.9 Å². The smallest absolute Gasteiger partial charge is 0.255 e. The van der Waals surface area contributed by atoms with Crippen LogP contribution in [0.5, 0.6) is 0 Å². The molecule has 0 spiro atoms. The largest absolute Gasteiger partial charge is 0.319 e. The summed E-state index contributed by atoms with van der Waals surface area (Å²) >= 11 is 1.65. The van der Waals surface area contributed by atoms with E-state index in [1.807, 2.05) is 60.5 Å². The molecule has 0 saturated carbocycles. The molecule has 6 nitrogen and oxygen atoms in total. The molecule has 2 aromatic heterocycles. The van der Waals surface area contributed by atoms with E-state index in [0.717, 1.165) is 16.0 Å². The quantitative estimate of drug-likeness (QED) is 0.733. The van der Waals surface area contributed by atoms with Crippen molar-refractivity contribution < 1.29 is 4.79 Å². The first kappa shape index (κ1) is 15.0. The Hall–Kier alpha value is -2.54. The van der Waals surface area contributed by atoms with Crippen molar-refractivity contribution in [1.82, 2.24) is 25.1 Å². The van der Waals surface area contributed by atoms with Crippen LogP contribution in [-0.4, -0.2) is 31.0 Å². The van der Waals surface area contributed by atoms with E-state index in [9.17, 15) is 4.79 Å². The Morgan fingerprint density at radius 2 is 2.04 bits per heavy atom. The lowest BCUT2D eigenvalue weighted by molar-refractivity contribution is 0.0728. The first-order valence-corrected chi connectivity index (χ1v) is 8.75. The molecule has 122 valence electrons. The molecule has 0 N–H and O–H groups in total. The van der Waals surface area contributed by atoms with E-state index in [-0.39, 0.29) is 18.0 Å². The minimum atomic E-state index is -0.256. The van der Waals surface area contributed by atoms with E-state index in [4.69, 9.17) is 0 Å². The van der Waals surface area contributed by atoms with E-state index in [1.165, 1.54) is 0 Å². The van der Waals surface area contributed by atoms with Crippen LogP contribution in [0.25, 0.3) is 0 Å². The molecule has 0 saturated heterocycles. The van der Waals surface area contributed by atoms with Gasteiger partial charge in [0.1, 0.15) is 6.04 Å². The average Bonchev–Trinajstić information content (AvgIpc) is 3.29. The molecule has 1 aromatic carbocycles. The van der Waals surface area contributed by atoms with Crippen LogP contribution in [0.4, 0.5) is 0 Å². The van der Waals surface area contributed by atoms with Crippen LogP contribution < -0.4 is 0 Å². The van der Waals surface area contributed by atoms with Gasteiger partial charge in [0.25, 0.3) is 5.91 Å². The van der Waals surface area contributed by atoms with Crippen molar-refractivity contribution >= 4 is 17.2 Å². The zero-order valence-electron chi connectivity index (χ0n) is 13.5. The van der Waals surface area contributed by atoms with Crippen LogP contribution in [0, 0.1) is 0 Å². The Labute approximate surface area is 143 Å². The van der Waals surface area contributed by atoms with Gasteiger partial charge in [-0.05, 0) is 47.4 Å². The fourth-order valence-electron chi connectivity index (χ4n) is 3.13. The summed E-state index contributed by atoms with van der Waals surface area (Å²) in [4.78, 5) is 16.0. The van der Waals surface area contributed by atoms with Crippen LogP contribution >= 0.6 is 11.3 Å². The summed E-state index contributed by atoms with van der Waals surface area (Å²) in [6.07, 6.45) is 0. The molecule has 24 heavy (non-hydrogen) atoms. The van der Waals surface area contributed by atoms with Crippen LogP contribution in [0.2, 0.25) is 0 Å². The van der Waals surface area contributed by atoms with Gasteiger partial charge in [-0.15, -0.1) is 16.4 Å². The molecule has 1 unspecified atom stereocenters. The maximum absolute atomic E-state index is 13.0. The number of rotatable bonds is 4. The number of amides is 1. The minimum absolute atomic E-state index is 0.0299. The Kier molecular flexibility index (Phi) is 3.65. The van der Waals surface area contributed by atoms with Crippen LogP contribution in [0.15, 0.2) is 41.8 Å². The zero-order chi connectivity index (χ0) is 16.7. The number of thiophene rings is 1. The van der Waals surface area contributed by atoms with Gasteiger partial charge >= 0.3 is 0 Å². The van der Waals surface area contributed by atoms with Crippen molar-refractivity contribution in [3.8, 4) is 0 Å². The molecule has 3 aromatic rings. The molecular weight excluding hydrogens is 322 g/mol. The lowest BCUT2D eigenvalue weighted by atomic mass is 10.0. The predicted octanol–water partition coefficient (Wildman–Crippen LogP) is 3.06. The Morgan fingerprint density at radius 3 is 2.79 bits per heavy atom. The number of tetrazole rings is 1. The third-order valence-electron chi connectivity index (χ3n) is 4.22. The Bertz CT molecular complexity index is 871. The lowest BCUT2D eigenvalue weighted by Crippen LogP contribution is -2.30. The van der Waals surface area contributed by atoms with Crippen molar-refractivity contribution in [3.63, 3.8) is 0 Å². The molecule has 1 aliphatic rings. The van der Waals surface area contributed by atoms with Gasteiger partial charge in [0.2, 0.25) is 0 Å². The minimum Gasteiger partial charge on any atom is -0.319 e. The number of carbonyl (C=O) groups is 1. The highest BCUT2D eigenvalue weighted by Gasteiger charge is 2.40. The summed E-state index contributed by atoms with van der Waals surface area (Å²) in [7, 11) is 0. The van der Waals surface area contributed by atoms with E-state index in [0.29, 0.717) is 12.4 Å². The highest BCUT2D eigenvalue weighted by Crippen LogP contribution is 2.39. The molecule has 0 fully saturated rings. The third kappa shape index (κ3) is 2.32. The van der Waals surface area contributed by atoms with Crippen LogP contribution in [-0.2, 0) is 6.54 Å². The summed E-state index contributed by atoms with van der Waals surface area (Å²) in [5, 5.41) is 14.2. The van der Waals surface area contributed by atoms with Gasteiger partial charge in [-0.1, -0.05) is 24.3 Å². The van der Waals surface area contributed by atoms with Gasteiger partial charge in [-0.2, -0.15) is 0 Å². The lowest BCUT2D eigenvalue weighted by Gasteiger charge is -2.24. The summed E-state index contributed by atoms with van der Waals surface area (Å²) in [5.41, 5.74) is 1.70. The summed E-state index contributed by atoms with van der Waals surface area (Å²) < 4.78 is 1.79. The molecule has 1 atom stereocenters. The van der Waals surface area contributed by atoms with E-state index in [2.05, 4.69) is 15.5 Å². The molecule has 0 aliphatic carbocycles. The molecule has 0 bridgehead atoms. The monoisotopic (exact) mass is 339 g/mol. The second-order valence-corrected chi connectivity index (χ2v) is 7.11. The molecular formula is C17H17N5OS. The predicted molar refractivity (Wildman–Crippen MR) is 90.7 cm³/mol. The van der Waals surface area contributed by atoms with Gasteiger partial charge in [0.15, 0.2) is 5.82 Å². The van der Waals surface area contributed by atoms with Gasteiger partial charge in [-0.25, -0.2) is 4.68 Å². The number of nitrogens with zero attached hydrogens (tertiary/aromatic N) is 5. The second kappa shape index (κ2) is 5.83. The van der Waals surface area contributed by atoms with E-state index >= 15 is 0 Å². The average molecular weight is 339 g/mol. The fourth-order valence-corrected chi connectivity index (χ4v) is 3.83. The molecule has 3 heterocycles. The van der Waals surface area contributed by atoms with E-state index in [1.54, 1.807) is 16.0 Å². The highest BCUT2D eigenvalue weighted by atomic mass is 32.1. The van der Waals surface area contributed by atoms with Gasteiger partial charge in [0, 0.05) is 10.4 Å². The van der Waals surface area contributed by atoms with Gasteiger partial charge in [0.05, 0.1) is 12.6 Å². The normalized spacial score (nSPS) is 16.9. The Morgan fingerprint density at radius 1 is 1.21 bits per heavy atom. The standard InChI is InChI=1S/C17H17N5OS/c1-11(2)22-16(18-19-20-22)15-13-7-3-4-8-14(13)17(23)21(15)10-12-6-5-9-24-12/h3-9,11,15H,10H2,1-2H3. The van der Waals surface area contributed by atoms with Gasteiger partial charge in [-0.3, -0.25) is 4.79 Å². The molecule has 1 amide bonds. The summed E-state index contributed by atoms with van der Waals surface area (Å²) in [6, 6.07) is 11.6. The first-order valence-electron chi connectivity index (χ1n) is 7.87. The number of fused-ring (bicyclic) bond motifs is 1. The first-order chi connectivity index (χ1) is 11.7. The van der Waals surface area contributed by atoms with E-state index < -0.39 is 0 Å². The third-order valence-corrected chi connectivity index (χ3v) is 5.08. The molecule has 4 rings (SSSR count). The second-order valence-electron chi connectivity index (χ2n) is 6.08. The maximum atomic E-state index is 13.0. The van der Waals surface area contributed by atoms with Crippen molar-refractivity contribution in [3.05, 3.63) is 63.6 Å². The SMILES string of the molecule is CC(C)n1nnnc1C1c2ccccc2C(=O)N1Cc1cccs1. The van der Waals surface area contributed by atoms with Crippen molar-refractivity contribution in [2.24, 2.45) is 0 Å². The van der Waals surface area contributed by atoms with Crippen molar-refractivity contribution in [1.29, 1.82) is 0 Å². The molecule has 1 aliphatic heterocycles. The number of hydrogen-bond donors (Lipinski definition) is 0. The number of hydrogen-bond acceptors (Lipinski definition) is 5. The van der Waals surface area contributed by atoms with Crippen LogP contribution in [0.3, 0.4) is 0 Å². The number of benzene rings is 1. The summed E-state index contributed by atoms with van der Waals surface area (Å²) in [5.74, 6) is 0.738. The highest BCUT2D eigenvalue weighted by molar-refractivity contribution is 7.09.